The van der Waals surface area contributed by atoms with Crippen LogP contribution >= 0.6 is 15.9 Å². The first kappa shape index (κ1) is 10.2. The molecule has 1 aromatic carbocycles. The topological polar surface area (TPSA) is 35.2 Å². The smallest absolute Gasteiger partial charge is 0.387 e. The maximum atomic E-state index is 11.9. The third-order valence-electron chi connectivity index (χ3n) is 1.61. The third kappa shape index (κ3) is 2.30. The number of hydrogen-bond acceptors (Lipinski definition) is 2. The van der Waals surface area contributed by atoms with E-state index in [2.05, 4.69) is 20.7 Å². The van der Waals surface area contributed by atoms with Crippen LogP contribution in [0.4, 0.5) is 14.5 Å². The Kier molecular flexibility index (Phi) is 3.08. The molecule has 0 bridgehead atoms. The zero-order chi connectivity index (χ0) is 10.0. The first-order chi connectivity index (χ1) is 6.02. The Balaban J connectivity index is 3.10. The lowest BCUT2D eigenvalue weighted by Gasteiger charge is -2.11. The molecular weight excluding hydrogens is 244 g/mol. The SMILES string of the molecule is Cc1c(N)ccc(Br)c1OC(F)F. The minimum Gasteiger partial charge on any atom is -0.433 e. The number of hydrogen-bond donors (Lipinski definition) is 1. The molecule has 0 fully saturated rings. The van der Waals surface area contributed by atoms with E-state index < -0.39 is 6.61 Å². The molecule has 2 nitrogen and oxygen atoms in total. The molecular formula is C8H8BrF2NO. The zero-order valence-electron chi connectivity index (χ0n) is 6.85. The molecule has 0 aliphatic heterocycles. The zero-order valence-corrected chi connectivity index (χ0v) is 8.44. The van der Waals surface area contributed by atoms with Gasteiger partial charge >= 0.3 is 6.61 Å². The second-order valence-electron chi connectivity index (χ2n) is 2.47. The summed E-state index contributed by atoms with van der Waals surface area (Å²) in [5, 5.41) is 0. The molecule has 0 saturated carbocycles. The molecule has 0 heterocycles. The van der Waals surface area contributed by atoms with Crippen molar-refractivity contribution in [2.75, 3.05) is 5.73 Å². The molecule has 1 aromatic rings. The Bertz CT molecular complexity index is 317. The summed E-state index contributed by atoms with van der Waals surface area (Å²) >= 11 is 3.10. The first-order valence-electron chi connectivity index (χ1n) is 3.51. The van der Waals surface area contributed by atoms with Crippen LogP contribution in [-0.4, -0.2) is 6.61 Å². The molecule has 0 radical (unpaired) electrons. The summed E-state index contributed by atoms with van der Waals surface area (Å²) in [5.41, 5.74) is 6.46. The Labute approximate surface area is 82.8 Å². The summed E-state index contributed by atoms with van der Waals surface area (Å²) in [7, 11) is 0. The molecule has 0 aliphatic carbocycles. The van der Waals surface area contributed by atoms with Gasteiger partial charge in [-0.3, -0.25) is 0 Å². The van der Waals surface area contributed by atoms with Crippen molar-refractivity contribution < 1.29 is 13.5 Å². The largest absolute Gasteiger partial charge is 0.433 e. The van der Waals surface area contributed by atoms with Crippen LogP contribution in [0.2, 0.25) is 0 Å². The number of anilines is 1. The molecule has 72 valence electrons. The second-order valence-corrected chi connectivity index (χ2v) is 3.32. The van der Waals surface area contributed by atoms with Crippen molar-refractivity contribution in [2.24, 2.45) is 0 Å². The van der Waals surface area contributed by atoms with Crippen LogP contribution in [0.1, 0.15) is 5.56 Å². The van der Waals surface area contributed by atoms with Gasteiger partial charge in [0.05, 0.1) is 4.47 Å². The molecule has 0 aliphatic rings. The second kappa shape index (κ2) is 3.91. The molecule has 0 saturated heterocycles. The van der Waals surface area contributed by atoms with Gasteiger partial charge in [-0.25, -0.2) is 0 Å². The predicted octanol–water partition coefficient (Wildman–Crippen LogP) is 2.94. The van der Waals surface area contributed by atoms with Crippen LogP contribution in [0.5, 0.6) is 5.75 Å². The van der Waals surface area contributed by atoms with Crippen LogP contribution in [-0.2, 0) is 0 Å². The summed E-state index contributed by atoms with van der Waals surface area (Å²) in [4.78, 5) is 0. The highest BCUT2D eigenvalue weighted by Gasteiger charge is 2.12. The lowest BCUT2D eigenvalue weighted by atomic mass is 10.2. The fourth-order valence-electron chi connectivity index (χ4n) is 0.908. The number of halogens is 3. The average Bonchev–Trinajstić information content (AvgIpc) is 2.05. The van der Waals surface area contributed by atoms with Crippen molar-refractivity contribution in [2.45, 2.75) is 13.5 Å². The van der Waals surface area contributed by atoms with Gasteiger partial charge in [0.25, 0.3) is 0 Å². The van der Waals surface area contributed by atoms with E-state index in [0.717, 1.165) is 0 Å². The maximum Gasteiger partial charge on any atom is 0.387 e. The maximum absolute atomic E-state index is 11.9. The fourth-order valence-corrected chi connectivity index (χ4v) is 1.43. The first-order valence-corrected chi connectivity index (χ1v) is 4.31. The minimum atomic E-state index is -2.84. The van der Waals surface area contributed by atoms with E-state index >= 15 is 0 Å². The lowest BCUT2D eigenvalue weighted by molar-refractivity contribution is -0.0507. The van der Waals surface area contributed by atoms with Crippen molar-refractivity contribution in [1.82, 2.24) is 0 Å². The third-order valence-corrected chi connectivity index (χ3v) is 2.23. The number of ether oxygens (including phenoxy) is 1. The molecule has 0 aromatic heterocycles. The number of nitrogen functional groups attached to an aromatic ring is 1. The number of rotatable bonds is 2. The minimum absolute atomic E-state index is 0.0926. The Hall–Kier alpha value is -0.840. The molecule has 5 heteroatoms. The summed E-state index contributed by atoms with van der Waals surface area (Å²) in [6.07, 6.45) is 0. The fraction of sp³-hybridized carbons (Fsp3) is 0.250. The van der Waals surface area contributed by atoms with Gasteiger partial charge in [0.15, 0.2) is 0 Å². The van der Waals surface area contributed by atoms with Crippen molar-refractivity contribution in [3.05, 3.63) is 22.2 Å². The Morgan fingerprint density at radius 2 is 2.08 bits per heavy atom. The molecule has 0 unspecified atom stereocenters. The van der Waals surface area contributed by atoms with E-state index in [1.165, 1.54) is 0 Å². The number of benzene rings is 1. The van der Waals surface area contributed by atoms with E-state index in [1.54, 1.807) is 19.1 Å². The van der Waals surface area contributed by atoms with Crippen molar-refractivity contribution in [3.8, 4) is 5.75 Å². The standard InChI is InChI=1S/C8H8BrF2NO/c1-4-6(12)3-2-5(9)7(4)13-8(10)11/h2-3,8H,12H2,1H3. The van der Waals surface area contributed by atoms with Gasteiger partial charge in [0.1, 0.15) is 5.75 Å². The van der Waals surface area contributed by atoms with Gasteiger partial charge in [-0.2, -0.15) is 8.78 Å². The van der Waals surface area contributed by atoms with E-state index in [-0.39, 0.29) is 5.75 Å². The van der Waals surface area contributed by atoms with E-state index in [0.29, 0.717) is 15.7 Å². The molecule has 0 amide bonds. The highest BCUT2D eigenvalue weighted by molar-refractivity contribution is 9.10. The predicted molar refractivity (Wildman–Crippen MR) is 49.9 cm³/mol. The molecule has 0 spiro atoms. The van der Waals surface area contributed by atoms with Gasteiger partial charge < -0.3 is 10.5 Å². The Morgan fingerprint density at radius 1 is 1.46 bits per heavy atom. The van der Waals surface area contributed by atoms with E-state index in [4.69, 9.17) is 5.73 Å². The molecule has 0 atom stereocenters. The van der Waals surface area contributed by atoms with Crippen molar-refractivity contribution in [1.29, 1.82) is 0 Å². The van der Waals surface area contributed by atoms with Gasteiger partial charge in [-0.15, -0.1) is 0 Å². The Morgan fingerprint density at radius 3 is 2.62 bits per heavy atom. The monoisotopic (exact) mass is 251 g/mol. The van der Waals surface area contributed by atoms with Crippen LogP contribution in [0.3, 0.4) is 0 Å². The van der Waals surface area contributed by atoms with Gasteiger partial charge in [0.2, 0.25) is 0 Å². The summed E-state index contributed by atoms with van der Waals surface area (Å²) in [6.45, 7) is -1.21. The summed E-state index contributed by atoms with van der Waals surface area (Å²) < 4.78 is 28.6. The van der Waals surface area contributed by atoms with Crippen LogP contribution in [0.15, 0.2) is 16.6 Å². The van der Waals surface area contributed by atoms with Crippen LogP contribution < -0.4 is 10.5 Å². The highest BCUT2D eigenvalue weighted by Crippen LogP contribution is 2.33. The van der Waals surface area contributed by atoms with Crippen LogP contribution in [0.25, 0.3) is 0 Å². The molecule has 1 rings (SSSR count). The van der Waals surface area contributed by atoms with E-state index in [1.807, 2.05) is 0 Å². The van der Waals surface area contributed by atoms with Gasteiger partial charge in [-0.05, 0) is 35.0 Å². The van der Waals surface area contributed by atoms with E-state index in [9.17, 15) is 8.78 Å². The summed E-state index contributed by atoms with van der Waals surface area (Å²) in [5.74, 6) is 0.0926. The normalized spacial score (nSPS) is 10.5. The van der Waals surface area contributed by atoms with Crippen LogP contribution in [0, 0.1) is 6.92 Å². The van der Waals surface area contributed by atoms with Crippen molar-refractivity contribution in [3.63, 3.8) is 0 Å². The van der Waals surface area contributed by atoms with Gasteiger partial charge in [0, 0.05) is 11.3 Å². The lowest BCUT2D eigenvalue weighted by Crippen LogP contribution is -2.05. The quantitative estimate of drug-likeness (QED) is 0.821. The highest BCUT2D eigenvalue weighted by atomic mass is 79.9. The summed E-state index contributed by atoms with van der Waals surface area (Å²) in [6, 6.07) is 3.19. The van der Waals surface area contributed by atoms with Crippen molar-refractivity contribution >= 4 is 21.6 Å². The number of alkyl halides is 2. The molecule has 2 N–H and O–H groups in total. The average molecular weight is 252 g/mol. The van der Waals surface area contributed by atoms with Gasteiger partial charge in [-0.1, -0.05) is 0 Å². The number of nitrogens with two attached hydrogens (primary N) is 1. The molecule has 13 heavy (non-hydrogen) atoms.